The molecule has 0 unspecified atom stereocenters. The van der Waals surface area contributed by atoms with E-state index in [9.17, 15) is 0 Å². The molecule has 0 bridgehead atoms. The van der Waals surface area contributed by atoms with Crippen molar-refractivity contribution < 1.29 is 4.74 Å². The lowest BCUT2D eigenvalue weighted by molar-refractivity contribution is 0.0268. The Kier molecular flexibility index (Phi) is 8.81. The lowest BCUT2D eigenvalue weighted by Gasteiger charge is -2.24. The SMILES string of the molecule is CN=C(NCc1sc(-c2ccccc2)nc1C)NCC(C)(C)OC.I. The topological polar surface area (TPSA) is 58.5 Å². The van der Waals surface area contributed by atoms with Crippen molar-refractivity contribution in [3.05, 3.63) is 40.9 Å². The number of methoxy groups -OCH3 is 1. The predicted molar refractivity (Wildman–Crippen MR) is 117 cm³/mol. The van der Waals surface area contributed by atoms with E-state index in [4.69, 9.17) is 4.74 Å². The molecule has 0 saturated heterocycles. The Hall–Kier alpha value is -1.19. The van der Waals surface area contributed by atoms with E-state index < -0.39 is 0 Å². The number of benzene rings is 1. The minimum Gasteiger partial charge on any atom is -0.377 e. The van der Waals surface area contributed by atoms with Crippen molar-refractivity contribution in [3.63, 3.8) is 0 Å². The molecule has 0 fully saturated rings. The number of nitrogens with zero attached hydrogens (tertiary/aromatic N) is 2. The molecule has 0 saturated carbocycles. The summed E-state index contributed by atoms with van der Waals surface area (Å²) in [5.41, 5.74) is 1.97. The summed E-state index contributed by atoms with van der Waals surface area (Å²) in [5.74, 6) is 0.759. The van der Waals surface area contributed by atoms with Crippen LogP contribution in [0.2, 0.25) is 0 Å². The standard InChI is InChI=1S/C18H26N4OS.HI/c1-13-15(24-16(22-13)14-9-7-6-8-10-14)11-20-17(19-4)21-12-18(2,3)23-5;/h6-10H,11-12H2,1-5H3,(H2,19,20,21);1H. The summed E-state index contributed by atoms with van der Waals surface area (Å²) in [7, 11) is 3.48. The van der Waals surface area contributed by atoms with Crippen LogP contribution in [0.5, 0.6) is 0 Å². The maximum absolute atomic E-state index is 5.41. The summed E-state index contributed by atoms with van der Waals surface area (Å²) in [4.78, 5) is 10.2. The summed E-state index contributed by atoms with van der Waals surface area (Å²) >= 11 is 1.71. The monoisotopic (exact) mass is 474 g/mol. The molecule has 1 aromatic heterocycles. The van der Waals surface area contributed by atoms with Gasteiger partial charge in [-0.2, -0.15) is 0 Å². The summed E-state index contributed by atoms with van der Waals surface area (Å²) < 4.78 is 5.41. The quantitative estimate of drug-likeness (QED) is 0.380. The van der Waals surface area contributed by atoms with Crippen molar-refractivity contribution in [2.24, 2.45) is 4.99 Å². The number of nitrogens with one attached hydrogen (secondary N) is 2. The number of aromatic nitrogens is 1. The normalized spacial score (nSPS) is 11.8. The summed E-state index contributed by atoms with van der Waals surface area (Å²) in [5, 5.41) is 7.68. The zero-order valence-electron chi connectivity index (χ0n) is 15.4. The van der Waals surface area contributed by atoms with Crippen LogP contribution < -0.4 is 10.6 Å². The second-order valence-electron chi connectivity index (χ2n) is 6.14. The maximum Gasteiger partial charge on any atom is 0.191 e. The van der Waals surface area contributed by atoms with Crippen LogP contribution in [0.1, 0.15) is 24.4 Å². The van der Waals surface area contributed by atoms with Gasteiger partial charge in [0, 0.05) is 31.1 Å². The van der Waals surface area contributed by atoms with E-state index in [1.54, 1.807) is 25.5 Å². The molecular weight excluding hydrogens is 447 g/mol. The average molecular weight is 474 g/mol. The van der Waals surface area contributed by atoms with Gasteiger partial charge in [0.1, 0.15) is 5.01 Å². The molecule has 138 valence electrons. The van der Waals surface area contributed by atoms with Crippen LogP contribution in [0.4, 0.5) is 0 Å². The molecule has 25 heavy (non-hydrogen) atoms. The van der Waals surface area contributed by atoms with Crippen molar-refractivity contribution in [2.45, 2.75) is 32.9 Å². The highest BCUT2D eigenvalue weighted by atomic mass is 127. The molecule has 5 nitrogen and oxygen atoms in total. The van der Waals surface area contributed by atoms with Gasteiger partial charge < -0.3 is 15.4 Å². The van der Waals surface area contributed by atoms with Gasteiger partial charge in [0.05, 0.1) is 17.8 Å². The Labute approximate surface area is 171 Å². The summed E-state index contributed by atoms with van der Waals surface area (Å²) in [6.07, 6.45) is 0. The largest absolute Gasteiger partial charge is 0.377 e. The third-order valence-electron chi connectivity index (χ3n) is 3.79. The number of guanidine groups is 1. The van der Waals surface area contributed by atoms with Gasteiger partial charge in [-0.1, -0.05) is 30.3 Å². The van der Waals surface area contributed by atoms with E-state index in [1.165, 1.54) is 4.88 Å². The molecule has 1 heterocycles. The van der Waals surface area contributed by atoms with Crippen LogP contribution >= 0.6 is 35.3 Å². The van der Waals surface area contributed by atoms with Crippen LogP contribution in [0.3, 0.4) is 0 Å². The van der Waals surface area contributed by atoms with Crippen LogP contribution in [0.15, 0.2) is 35.3 Å². The number of aliphatic imine (C=N–C) groups is 1. The molecule has 0 aliphatic carbocycles. The fourth-order valence-corrected chi connectivity index (χ4v) is 3.06. The lowest BCUT2D eigenvalue weighted by Crippen LogP contribution is -2.45. The van der Waals surface area contributed by atoms with Gasteiger partial charge in [0.2, 0.25) is 0 Å². The van der Waals surface area contributed by atoms with Crippen LogP contribution in [0, 0.1) is 6.92 Å². The minimum atomic E-state index is -0.238. The molecule has 0 amide bonds. The van der Waals surface area contributed by atoms with E-state index in [-0.39, 0.29) is 29.6 Å². The van der Waals surface area contributed by atoms with Gasteiger partial charge in [-0.25, -0.2) is 4.98 Å². The molecule has 1 aromatic carbocycles. The van der Waals surface area contributed by atoms with Crippen LogP contribution in [-0.2, 0) is 11.3 Å². The molecule has 0 atom stereocenters. The molecule has 0 aliphatic heterocycles. The fourth-order valence-electron chi connectivity index (χ4n) is 2.05. The zero-order chi connectivity index (χ0) is 17.6. The van der Waals surface area contributed by atoms with Crippen molar-refractivity contribution >= 4 is 41.3 Å². The first-order valence-electron chi connectivity index (χ1n) is 7.96. The van der Waals surface area contributed by atoms with Gasteiger partial charge in [-0.15, -0.1) is 35.3 Å². The van der Waals surface area contributed by atoms with Crippen molar-refractivity contribution in [3.8, 4) is 10.6 Å². The molecule has 2 N–H and O–H groups in total. The predicted octanol–water partition coefficient (Wildman–Crippen LogP) is 3.83. The number of ether oxygens (including phenoxy) is 1. The first-order valence-corrected chi connectivity index (χ1v) is 8.78. The average Bonchev–Trinajstić information content (AvgIpc) is 2.97. The lowest BCUT2D eigenvalue weighted by atomic mass is 10.1. The first-order chi connectivity index (χ1) is 11.4. The van der Waals surface area contributed by atoms with Gasteiger partial charge in [0.25, 0.3) is 0 Å². The van der Waals surface area contributed by atoms with Crippen molar-refractivity contribution in [2.75, 3.05) is 20.7 Å². The molecule has 0 radical (unpaired) electrons. The van der Waals surface area contributed by atoms with Gasteiger partial charge in [-0.3, -0.25) is 4.99 Å². The molecule has 0 spiro atoms. The molecule has 2 rings (SSSR count). The fraction of sp³-hybridized carbons (Fsp3) is 0.444. The maximum atomic E-state index is 5.41. The Balaban J connectivity index is 0.00000312. The van der Waals surface area contributed by atoms with E-state index in [1.807, 2.05) is 39.0 Å². The number of thiazole rings is 1. The highest BCUT2D eigenvalue weighted by molar-refractivity contribution is 14.0. The smallest absolute Gasteiger partial charge is 0.191 e. The number of rotatable bonds is 6. The molecule has 2 aromatic rings. The molecular formula is C18H27IN4OS. The number of hydrogen-bond acceptors (Lipinski definition) is 4. The van der Waals surface area contributed by atoms with Crippen molar-refractivity contribution in [1.29, 1.82) is 0 Å². The first kappa shape index (κ1) is 21.9. The van der Waals surface area contributed by atoms with E-state index in [0.717, 1.165) is 22.2 Å². The van der Waals surface area contributed by atoms with Gasteiger partial charge in [0.15, 0.2) is 5.96 Å². The van der Waals surface area contributed by atoms with E-state index in [2.05, 4.69) is 32.7 Å². The number of hydrogen-bond donors (Lipinski definition) is 2. The Morgan fingerprint density at radius 1 is 1.24 bits per heavy atom. The number of aryl methyl sites for hydroxylation is 1. The van der Waals surface area contributed by atoms with Crippen LogP contribution in [-0.4, -0.2) is 37.2 Å². The molecule has 7 heteroatoms. The summed E-state index contributed by atoms with van der Waals surface area (Å²) in [6, 6.07) is 10.3. The molecule has 0 aliphatic rings. The zero-order valence-corrected chi connectivity index (χ0v) is 18.6. The Morgan fingerprint density at radius 2 is 1.92 bits per heavy atom. The highest BCUT2D eigenvalue weighted by Crippen LogP contribution is 2.27. The third-order valence-corrected chi connectivity index (χ3v) is 4.99. The number of halogens is 1. The van der Waals surface area contributed by atoms with E-state index >= 15 is 0 Å². The second kappa shape index (κ2) is 10.1. The van der Waals surface area contributed by atoms with Gasteiger partial charge >= 0.3 is 0 Å². The third kappa shape index (κ3) is 6.56. The Morgan fingerprint density at radius 3 is 2.52 bits per heavy atom. The van der Waals surface area contributed by atoms with Gasteiger partial charge in [-0.05, 0) is 20.8 Å². The second-order valence-corrected chi connectivity index (χ2v) is 7.22. The Bertz CT molecular complexity index is 686. The highest BCUT2D eigenvalue weighted by Gasteiger charge is 2.16. The van der Waals surface area contributed by atoms with Crippen molar-refractivity contribution in [1.82, 2.24) is 15.6 Å². The van der Waals surface area contributed by atoms with Crippen LogP contribution in [0.25, 0.3) is 10.6 Å². The van der Waals surface area contributed by atoms with E-state index in [0.29, 0.717) is 13.1 Å². The minimum absolute atomic E-state index is 0. The summed E-state index contributed by atoms with van der Waals surface area (Å²) in [6.45, 7) is 7.49.